The fourth-order valence-corrected chi connectivity index (χ4v) is 1.38. The van der Waals surface area contributed by atoms with E-state index in [0.29, 0.717) is 6.04 Å². The topological polar surface area (TPSA) is 29.1 Å². The van der Waals surface area contributed by atoms with Crippen LogP contribution in [-0.4, -0.2) is 11.9 Å². The van der Waals surface area contributed by atoms with Crippen LogP contribution in [-0.2, 0) is 4.79 Å². The molecule has 1 aliphatic rings. The zero-order chi connectivity index (χ0) is 7.72. The van der Waals surface area contributed by atoms with Crippen LogP contribution in [0.15, 0.2) is 0 Å². The summed E-state index contributed by atoms with van der Waals surface area (Å²) in [6, 6.07) is 0.484. The van der Waals surface area contributed by atoms with Crippen LogP contribution in [0.4, 0.5) is 0 Å². The van der Waals surface area contributed by atoms with Crippen LogP contribution in [0.25, 0.3) is 0 Å². The van der Waals surface area contributed by atoms with E-state index >= 15 is 0 Å². The van der Waals surface area contributed by atoms with Gasteiger partial charge in [-0.1, -0.05) is 13.8 Å². The number of rotatable bonds is 2. The third-order valence-electron chi connectivity index (χ3n) is 2.08. The number of carbonyl (C=O) groups excluding carboxylic acids is 1. The summed E-state index contributed by atoms with van der Waals surface area (Å²) in [5, 5.41) is 2.91. The monoisotopic (exact) mass is 141 g/mol. The molecule has 0 aromatic carbocycles. The zero-order valence-electron chi connectivity index (χ0n) is 6.85. The Morgan fingerprint density at radius 2 is 2.20 bits per heavy atom. The van der Waals surface area contributed by atoms with Gasteiger partial charge >= 0.3 is 0 Å². The first-order chi connectivity index (χ1) is 4.61. The van der Waals surface area contributed by atoms with Crippen molar-refractivity contribution >= 4 is 5.91 Å². The molecule has 1 amide bonds. The lowest BCUT2D eigenvalue weighted by molar-refractivity contribution is -0.119. The largest absolute Gasteiger partial charge is 0.353 e. The molecule has 10 heavy (non-hydrogen) atoms. The lowest BCUT2D eigenvalue weighted by Crippen LogP contribution is -2.24. The van der Waals surface area contributed by atoms with Crippen LogP contribution in [0.5, 0.6) is 0 Å². The van der Waals surface area contributed by atoms with E-state index < -0.39 is 0 Å². The highest BCUT2D eigenvalue weighted by atomic mass is 16.1. The summed E-state index contributed by atoms with van der Waals surface area (Å²) < 4.78 is 0. The number of hydrogen-bond donors (Lipinski definition) is 1. The molecular weight excluding hydrogens is 126 g/mol. The Balaban J connectivity index is 2.19. The van der Waals surface area contributed by atoms with Crippen LogP contribution >= 0.6 is 0 Å². The minimum Gasteiger partial charge on any atom is -0.353 e. The van der Waals surface area contributed by atoms with Gasteiger partial charge in [-0.25, -0.2) is 0 Å². The Hall–Kier alpha value is -0.530. The molecule has 58 valence electrons. The summed E-state index contributed by atoms with van der Waals surface area (Å²) in [7, 11) is 0. The molecule has 2 heteroatoms. The second kappa shape index (κ2) is 2.60. The predicted octanol–water partition coefficient (Wildman–Crippen LogP) is 1.17. The first-order valence-electron chi connectivity index (χ1n) is 3.88. The first kappa shape index (κ1) is 7.58. The Morgan fingerprint density at radius 1 is 1.60 bits per heavy atom. The van der Waals surface area contributed by atoms with Crippen molar-refractivity contribution < 1.29 is 4.79 Å². The van der Waals surface area contributed by atoms with Crippen molar-refractivity contribution in [2.24, 2.45) is 11.8 Å². The van der Waals surface area contributed by atoms with Gasteiger partial charge in [0.15, 0.2) is 0 Å². The van der Waals surface area contributed by atoms with Crippen LogP contribution in [0, 0.1) is 11.8 Å². The molecule has 0 aromatic rings. The Morgan fingerprint density at radius 3 is 2.50 bits per heavy atom. The quantitative estimate of drug-likeness (QED) is 0.614. The van der Waals surface area contributed by atoms with E-state index in [-0.39, 0.29) is 5.91 Å². The van der Waals surface area contributed by atoms with Crippen LogP contribution < -0.4 is 5.32 Å². The van der Waals surface area contributed by atoms with Gasteiger partial charge in [0.2, 0.25) is 5.91 Å². The molecule has 0 bridgehead atoms. The minimum atomic E-state index is 0.105. The number of hydrogen-bond acceptors (Lipinski definition) is 1. The average molecular weight is 141 g/mol. The van der Waals surface area contributed by atoms with Crippen LogP contribution in [0.2, 0.25) is 0 Å². The third kappa shape index (κ3) is 1.72. The van der Waals surface area contributed by atoms with E-state index in [1.807, 2.05) is 0 Å². The first-order valence-corrected chi connectivity index (χ1v) is 3.88. The summed E-state index contributed by atoms with van der Waals surface area (Å²) >= 11 is 0. The molecule has 0 heterocycles. The maximum absolute atomic E-state index is 10.6. The van der Waals surface area contributed by atoms with Crippen molar-refractivity contribution in [1.29, 1.82) is 0 Å². The van der Waals surface area contributed by atoms with Crippen molar-refractivity contribution in [3.8, 4) is 0 Å². The molecule has 1 saturated carbocycles. The molecule has 0 radical (unpaired) electrons. The predicted molar refractivity (Wildman–Crippen MR) is 40.5 cm³/mol. The van der Waals surface area contributed by atoms with Gasteiger partial charge < -0.3 is 5.32 Å². The highest BCUT2D eigenvalue weighted by Gasteiger charge is 2.39. The number of amides is 1. The van der Waals surface area contributed by atoms with Gasteiger partial charge in [0.1, 0.15) is 0 Å². The van der Waals surface area contributed by atoms with Gasteiger partial charge in [0, 0.05) is 13.0 Å². The van der Waals surface area contributed by atoms with Gasteiger partial charge in [-0.05, 0) is 18.3 Å². The SMILES string of the molecule is CC(=O)N[C@H]1C[C@H]1C(C)C. The standard InChI is InChI=1S/C8H15NO/c1-5(2)7-4-8(7)9-6(3)10/h5,7-8H,4H2,1-3H3,(H,9,10)/t7-,8-/m0/s1. The summed E-state index contributed by atoms with van der Waals surface area (Å²) in [6.07, 6.45) is 1.18. The van der Waals surface area contributed by atoms with E-state index in [9.17, 15) is 4.79 Å². The van der Waals surface area contributed by atoms with Crippen molar-refractivity contribution in [1.82, 2.24) is 5.32 Å². The average Bonchev–Trinajstić information content (AvgIpc) is 2.43. The molecule has 0 unspecified atom stereocenters. The van der Waals surface area contributed by atoms with Crippen molar-refractivity contribution in [3.05, 3.63) is 0 Å². The lowest BCUT2D eigenvalue weighted by atomic mass is 10.1. The second-order valence-electron chi connectivity index (χ2n) is 3.45. The molecular formula is C8H15NO. The fraction of sp³-hybridized carbons (Fsp3) is 0.875. The van der Waals surface area contributed by atoms with Crippen molar-refractivity contribution in [3.63, 3.8) is 0 Å². The molecule has 1 aliphatic carbocycles. The van der Waals surface area contributed by atoms with Gasteiger partial charge in [-0.3, -0.25) is 4.79 Å². The van der Waals surface area contributed by atoms with E-state index in [1.54, 1.807) is 6.92 Å². The highest BCUT2D eigenvalue weighted by molar-refractivity contribution is 5.73. The molecule has 2 nitrogen and oxygen atoms in total. The van der Waals surface area contributed by atoms with Crippen molar-refractivity contribution in [2.75, 3.05) is 0 Å². The Kier molecular flexibility index (Phi) is 1.97. The maximum Gasteiger partial charge on any atom is 0.217 e. The van der Waals surface area contributed by atoms with E-state index in [1.165, 1.54) is 6.42 Å². The molecule has 1 rings (SSSR count). The zero-order valence-corrected chi connectivity index (χ0v) is 6.85. The Bertz CT molecular complexity index is 142. The summed E-state index contributed by atoms with van der Waals surface area (Å²) in [5.41, 5.74) is 0. The van der Waals surface area contributed by atoms with E-state index in [2.05, 4.69) is 19.2 Å². The smallest absolute Gasteiger partial charge is 0.217 e. The van der Waals surface area contributed by atoms with Gasteiger partial charge in [-0.15, -0.1) is 0 Å². The van der Waals surface area contributed by atoms with Crippen LogP contribution in [0.1, 0.15) is 27.2 Å². The Labute approximate surface area is 62.0 Å². The molecule has 0 aliphatic heterocycles. The summed E-state index contributed by atoms with van der Waals surface area (Å²) in [4.78, 5) is 10.6. The normalized spacial score (nSPS) is 30.4. The third-order valence-corrected chi connectivity index (χ3v) is 2.08. The summed E-state index contributed by atoms with van der Waals surface area (Å²) in [6.45, 7) is 5.98. The summed E-state index contributed by atoms with van der Waals surface area (Å²) in [5.74, 6) is 1.56. The number of nitrogens with one attached hydrogen (secondary N) is 1. The van der Waals surface area contributed by atoms with Crippen LogP contribution in [0.3, 0.4) is 0 Å². The number of carbonyl (C=O) groups is 1. The molecule has 0 saturated heterocycles. The highest BCUT2D eigenvalue weighted by Crippen LogP contribution is 2.36. The molecule has 1 N–H and O–H groups in total. The molecule has 0 aromatic heterocycles. The molecule has 2 atom stereocenters. The molecule has 1 fully saturated rings. The van der Waals surface area contributed by atoms with Gasteiger partial charge in [0.25, 0.3) is 0 Å². The lowest BCUT2D eigenvalue weighted by Gasteiger charge is -2.02. The fourth-order valence-electron chi connectivity index (χ4n) is 1.38. The van der Waals surface area contributed by atoms with E-state index in [0.717, 1.165) is 11.8 Å². The van der Waals surface area contributed by atoms with E-state index in [4.69, 9.17) is 0 Å². The maximum atomic E-state index is 10.6. The van der Waals surface area contributed by atoms with Gasteiger partial charge in [0.05, 0.1) is 0 Å². The molecule has 0 spiro atoms. The van der Waals surface area contributed by atoms with Crippen molar-refractivity contribution in [2.45, 2.75) is 33.2 Å². The minimum absolute atomic E-state index is 0.105. The second-order valence-corrected chi connectivity index (χ2v) is 3.45. The van der Waals surface area contributed by atoms with Gasteiger partial charge in [-0.2, -0.15) is 0 Å².